The number of ether oxygens (including phenoxy) is 1. The topological polar surface area (TPSA) is 21.3 Å². The van der Waals surface area contributed by atoms with E-state index in [2.05, 4.69) is 66.3 Å². The largest absolute Gasteiger partial charge is 0.371 e. The molecule has 2 nitrogen and oxygen atoms in total. The van der Waals surface area contributed by atoms with Gasteiger partial charge in [-0.3, -0.25) is 0 Å². The van der Waals surface area contributed by atoms with E-state index in [0.717, 1.165) is 11.0 Å². The van der Waals surface area contributed by atoms with E-state index < -0.39 is 0 Å². The smallest absolute Gasteiger partial charge is 0.0814 e. The molecule has 1 N–H and O–H groups in total. The van der Waals surface area contributed by atoms with Crippen LogP contribution in [-0.2, 0) is 24.5 Å². The lowest BCUT2D eigenvalue weighted by molar-refractivity contribution is 0.109. The summed E-state index contributed by atoms with van der Waals surface area (Å²) in [5.74, 6) is 0. The second kappa shape index (κ2) is 7.54. The minimum atomic E-state index is 0.155. The van der Waals surface area contributed by atoms with Gasteiger partial charge in [0.05, 0.1) is 13.2 Å². The summed E-state index contributed by atoms with van der Waals surface area (Å²) in [4.78, 5) is 2.63. The molecule has 0 saturated heterocycles. The highest BCUT2D eigenvalue weighted by Crippen LogP contribution is 2.19. The van der Waals surface area contributed by atoms with E-state index in [1.54, 1.807) is 0 Å². The molecule has 0 spiro atoms. The summed E-state index contributed by atoms with van der Waals surface area (Å²) in [6, 6.07) is 12.6. The number of hydrogen-bond acceptors (Lipinski definition) is 3. The highest BCUT2D eigenvalue weighted by Gasteiger charge is 2.09. The maximum absolute atomic E-state index is 5.78. The van der Waals surface area contributed by atoms with Crippen molar-refractivity contribution in [2.45, 2.75) is 46.1 Å². The maximum Gasteiger partial charge on any atom is 0.0814 e. The van der Waals surface area contributed by atoms with Gasteiger partial charge < -0.3 is 10.1 Å². The Morgan fingerprint density at radius 1 is 1.00 bits per heavy atom. The molecular weight excluding hydrogens is 346 g/mol. The maximum atomic E-state index is 5.78. The van der Waals surface area contributed by atoms with Gasteiger partial charge in [0.15, 0.2) is 0 Å². The molecule has 4 heteroatoms. The van der Waals surface area contributed by atoms with Crippen molar-refractivity contribution in [1.29, 1.82) is 0 Å². The van der Waals surface area contributed by atoms with Crippen molar-refractivity contribution in [3.63, 3.8) is 0 Å². The van der Waals surface area contributed by atoms with Gasteiger partial charge in [-0.1, -0.05) is 28.1 Å². The number of benzene rings is 1. The minimum Gasteiger partial charge on any atom is -0.371 e. The number of thiophene rings is 1. The summed E-state index contributed by atoms with van der Waals surface area (Å²) in [5.41, 5.74) is 1.35. The molecule has 1 aromatic heterocycles. The molecule has 0 saturated carbocycles. The van der Waals surface area contributed by atoms with Crippen molar-refractivity contribution in [3.05, 3.63) is 56.2 Å². The van der Waals surface area contributed by atoms with Crippen LogP contribution < -0.4 is 5.32 Å². The van der Waals surface area contributed by atoms with Crippen LogP contribution in [0.2, 0.25) is 0 Å². The van der Waals surface area contributed by atoms with E-state index in [1.165, 1.54) is 15.3 Å². The molecule has 1 heterocycles. The zero-order chi connectivity index (χ0) is 15.3. The molecular formula is C17H22BrNOS. The monoisotopic (exact) mass is 367 g/mol. The molecule has 0 amide bonds. The van der Waals surface area contributed by atoms with Gasteiger partial charge in [-0.25, -0.2) is 0 Å². The van der Waals surface area contributed by atoms with Gasteiger partial charge in [-0.15, -0.1) is 11.3 Å². The second-order valence-electron chi connectivity index (χ2n) is 6.09. The Kier molecular flexibility index (Phi) is 5.99. The molecule has 2 rings (SSSR count). The molecule has 0 atom stereocenters. The molecule has 0 aliphatic carbocycles. The lowest BCUT2D eigenvalue weighted by atomic mass is 10.1. The van der Waals surface area contributed by atoms with Gasteiger partial charge in [0.1, 0.15) is 0 Å². The lowest BCUT2D eigenvalue weighted by Crippen LogP contribution is -2.34. The summed E-state index contributed by atoms with van der Waals surface area (Å²) < 4.78 is 6.88. The van der Waals surface area contributed by atoms with Crippen LogP contribution in [0.3, 0.4) is 0 Å². The van der Waals surface area contributed by atoms with Gasteiger partial charge in [0.25, 0.3) is 0 Å². The molecule has 2 aromatic rings. The van der Waals surface area contributed by atoms with Crippen LogP contribution in [0.15, 0.2) is 40.9 Å². The van der Waals surface area contributed by atoms with Crippen molar-refractivity contribution in [2.75, 3.05) is 0 Å². The van der Waals surface area contributed by atoms with Crippen LogP contribution >= 0.6 is 27.3 Å². The molecule has 21 heavy (non-hydrogen) atoms. The highest BCUT2D eigenvalue weighted by molar-refractivity contribution is 9.10. The Morgan fingerprint density at radius 3 is 2.33 bits per heavy atom. The van der Waals surface area contributed by atoms with Crippen LogP contribution in [0.5, 0.6) is 0 Å². The average molecular weight is 368 g/mol. The van der Waals surface area contributed by atoms with Gasteiger partial charge in [0, 0.05) is 26.3 Å². The third kappa shape index (κ3) is 6.30. The fourth-order valence-corrected chi connectivity index (χ4v) is 2.96. The molecule has 0 aliphatic rings. The summed E-state index contributed by atoms with van der Waals surface area (Å²) in [6.45, 7) is 8.80. The van der Waals surface area contributed by atoms with Gasteiger partial charge >= 0.3 is 0 Å². The van der Waals surface area contributed by atoms with Crippen LogP contribution in [-0.4, -0.2) is 5.54 Å². The highest BCUT2D eigenvalue weighted by atomic mass is 79.9. The van der Waals surface area contributed by atoms with Crippen molar-refractivity contribution in [3.8, 4) is 0 Å². The SMILES string of the molecule is CC(C)(C)NCc1ccc(COCc2ccc(Br)cc2)s1. The van der Waals surface area contributed by atoms with Crippen LogP contribution in [0.1, 0.15) is 36.1 Å². The standard InChI is InChI=1S/C17H22BrNOS/c1-17(2,3)19-10-15-8-9-16(21-15)12-20-11-13-4-6-14(18)7-5-13/h4-9,19H,10-12H2,1-3H3. The van der Waals surface area contributed by atoms with E-state index in [1.807, 2.05) is 23.5 Å². The quantitative estimate of drug-likeness (QED) is 0.765. The Balaban J connectivity index is 1.76. The fraction of sp³-hybridized carbons (Fsp3) is 0.412. The van der Waals surface area contributed by atoms with E-state index in [4.69, 9.17) is 4.74 Å². The average Bonchev–Trinajstić information content (AvgIpc) is 2.86. The molecule has 0 fully saturated rings. The molecule has 0 radical (unpaired) electrons. The number of rotatable bonds is 6. The van der Waals surface area contributed by atoms with E-state index >= 15 is 0 Å². The van der Waals surface area contributed by atoms with E-state index in [-0.39, 0.29) is 5.54 Å². The number of halogens is 1. The van der Waals surface area contributed by atoms with Gasteiger partial charge in [-0.2, -0.15) is 0 Å². The second-order valence-corrected chi connectivity index (χ2v) is 8.26. The molecule has 114 valence electrons. The summed E-state index contributed by atoms with van der Waals surface area (Å²) >= 11 is 5.25. The van der Waals surface area contributed by atoms with E-state index in [0.29, 0.717) is 13.2 Å². The Labute approximate surface area is 139 Å². The lowest BCUT2D eigenvalue weighted by Gasteiger charge is -2.19. The zero-order valence-electron chi connectivity index (χ0n) is 12.8. The number of hydrogen-bond donors (Lipinski definition) is 1. The van der Waals surface area contributed by atoms with Crippen molar-refractivity contribution in [2.24, 2.45) is 0 Å². The Bertz CT molecular complexity index is 557. The van der Waals surface area contributed by atoms with Crippen molar-refractivity contribution in [1.82, 2.24) is 5.32 Å². The molecule has 1 aromatic carbocycles. The summed E-state index contributed by atoms with van der Waals surface area (Å²) in [7, 11) is 0. The number of nitrogens with one attached hydrogen (secondary N) is 1. The third-order valence-corrected chi connectivity index (χ3v) is 4.52. The zero-order valence-corrected chi connectivity index (χ0v) is 15.2. The minimum absolute atomic E-state index is 0.155. The first-order chi connectivity index (χ1) is 9.92. The molecule has 0 bridgehead atoms. The first-order valence-electron chi connectivity index (χ1n) is 7.07. The predicted octanol–water partition coefficient (Wildman–Crippen LogP) is 5.12. The third-order valence-electron chi connectivity index (χ3n) is 2.94. The normalized spacial score (nSPS) is 11.8. The van der Waals surface area contributed by atoms with Crippen molar-refractivity contribution < 1.29 is 4.74 Å². The molecule has 0 unspecified atom stereocenters. The summed E-state index contributed by atoms with van der Waals surface area (Å²) in [6.07, 6.45) is 0. The Hall–Kier alpha value is -0.680. The van der Waals surface area contributed by atoms with Crippen LogP contribution in [0.25, 0.3) is 0 Å². The van der Waals surface area contributed by atoms with Crippen LogP contribution in [0, 0.1) is 0 Å². The Morgan fingerprint density at radius 2 is 1.67 bits per heavy atom. The van der Waals surface area contributed by atoms with Gasteiger partial charge in [-0.05, 0) is 50.6 Å². The first kappa shape index (κ1) is 16.7. The first-order valence-corrected chi connectivity index (χ1v) is 8.68. The van der Waals surface area contributed by atoms with E-state index in [9.17, 15) is 0 Å². The summed E-state index contributed by atoms with van der Waals surface area (Å²) in [5, 5.41) is 3.50. The van der Waals surface area contributed by atoms with Crippen molar-refractivity contribution >= 4 is 27.3 Å². The van der Waals surface area contributed by atoms with Crippen LogP contribution in [0.4, 0.5) is 0 Å². The van der Waals surface area contributed by atoms with Gasteiger partial charge in [0.2, 0.25) is 0 Å². The predicted molar refractivity (Wildman–Crippen MR) is 93.5 cm³/mol. The molecule has 0 aliphatic heterocycles. The fourth-order valence-electron chi connectivity index (χ4n) is 1.80.